The lowest BCUT2D eigenvalue weighted by Crippen LogP contribution is -2.13. The molecule has 1 aromatic carbocycles. The van der Waals surface area contributed by atoms with E-state index in [9.17, 15) is 0 Å². The maximum atomic E-state index is 4.41. The third-order valence-electron chi connectivity index (χ3n) is 1.99. The summed E-state index contributed by atoms with van der Waals surface area (Å²) in [5.74, 6) is 0.983. The number of nitrogens with zero attached hydrogens (tertiary/aromatic N) is 2. The fraction of sp³-hybridized carbons (Fsp3) is 0.222. The van der Waals surface area contributed by atoms with Gasteiger partial charge in [0.1, 0.15) is 8.22 Å². The second kappa shape index (κ2) is 3.35. The first-order valence-electron chi connectivity index (χ1n) is 4.15. The molecule has 1 atom stereocenters. The molecular formula is C9H12N3P. The van der Waals surface area contributed by atoms with E-state index in [4.69, 9.17) is 0 Å². The van der Waals surface area contributed by atoms with E-state index in [1.165, 1.54) is 0 Å². The molecule has 1 unspecified atom stereocenters. The third kappa shape index (κ3) is 1.65. The van der Waals surface area contributed by atoms with Crippen molar-refractivity contribution in [3.8, 4) is 0 Å². The molecule has 3 nitrogen and oxygen atoms in total. The molecule has 0 aliphatic carbocycles. The zero-order valence-corrected chi connectivity index (χ0v) is 8.62. The largest absolute Gasteiger partial charge is 0.330 e. The Labute approximate surface area is 79.3 Å². The van der Waals surface area contributed by atoms with E-state index in [2.05, 4.69) is 29.0 Å². The van der Waals surface area contributed by atoms with Gasteiger partial charge in [0.25, 0.3) is 0 Å². The van der Waals surface area contributed by atoms with Crippen LogP contribution in [0.25, 0.3) is 0 Å². The van der Waals surface area contributed by atoms with Crippen LogP contribution >= 0.6 is 8.22 Å². The highest BCUT2D eigenvalue weighted by molar-refractivity contribution is 7.53. The molecule has 68 valence electrons. The molecule has 0 aromatic heterocycles. The van der Waals surface area contributed by atoms with Crippen molar-refractivity contribution in [1.82, 2.24) is 9.87 Å². The molecule has 0 fully saturated rings. The number of nitrogens with one attached hydrogen (secondary N) is 1. The summed E-state index contributed by atoms with van der Waals surface area (Å²) in [6.45, 7) is 2.15. The van der Waals surface area contributed by atoms with Gasteiger partial charge in [-0.25, -0.2) is 0 Å². The Morgan fingerprint density at radius 1 is 1.31 bits per heavy atom. The van der Waals surface area contributed by atoms with E-state index < -0.39 is 0 Å². The van der Waals surface area contributed by atoms with Crippen LogP contribution in [0.15, 0.2) is 35.4 Å². The van der Waals surface area contributed by atoms with Crippen molar-refractivity contribution in [2.75, 3.05) is 13.7 Å². The van der Waals surface area contributed by atoms with Gasteiger partial charge in [0.05, 0.1) is 0 Å². The molecule has 0 saturated carbocycles. The highest BCUT2D eigenvalue weighted by Crippen LogP contribution is 2.34. The molecule has 0 saturated heterocycles. The van der Waals surface area contributed by atoms with Crippen molar-refractivity contribution in [2.24, 2.45) is 5.10 Å². The summed E-state index contributed by atoms with van der Waals surface area (Å²) in [5, 5.41) is 7.77. The van der Waals surface area contributed by atoms with Crippen LogP contribution in [0.5, 0.6) is 0 Å². The lowest BCUT2D eigenvalue weighted by Gasteiger charge is -2.11. The van der Waals surface area contributed by atoms with Crippen LogP contribution in [0.4, 0.5) is 0 Å². The Kier molecular flexibility index (Phi) is 2.19. The van der Waals surface area contributed by atoms with Gasteiger partial charge in [-0.2, -0.15) is 5.10 Å². The number of amidine groups is 1. The topological polar surface area (TPSA) is 27.6 Å². The number of benzene rings is 1. The molecule has 0 spiro atoms. The number of hydrogen-bond acceptors (Lipinski definition) is 3. The Morgan fingerprint density at radius 3 is 2.54 bits per heavy atom. The smallest absolute Gasteiger partial charge is 0.158 e. The fourth-order valence-corrected chi connectivity index (χ4v) is 2.03. The minimum atomic E-state index is -0.310. The maximum Gasteiger partial charge on any atom is 0.158 e. The van der Waals surface area contributed by atoms with Crippen LogP contribution in [0, 0.1) is 0 Å². The van der Waals surface area contributed by atoms with Gasteiger partial charge in [-0.05, 0) is 6.66 Å². The Balaban J connectivity index is 2.25. The average molecular weight is 193 g/mol. The molecule has 0 amide bonds. The molecular weight excluding hydrogens is 181 g/mol. The van der Waals surface area contributed by atoms with Crippen molar-refractivity contribution in [2.45, 2.75) is 0 Å². The van der Waals surface area contributed by atoms with Crippen LogP contribution in [-0.4, -0.2) is 24.3 Å². The van der Waals surface area contributed by atoms with Crippen LogP contribution in [0.2, 0.25) is 0 Å². The quantitative estimate of drug-likeness (QED) is 0.689. The molecule has 4 heteroatoms. The Morgan fingerprint density at radius 2 is 2.00 bits per heavy atom. The van der Waals surface area contributed by atoms with Gasteiger partial charge in [0.2, 0.25) is 0 Å². The van der Waals surface area contributed by atoms with Crippen LogP contribution in [0.3, 0.4) is 0 Å². The lowest BCUT2D eigenvalue weighted by atomic mass is 10.2. The van der Waals surface area contributed by atoms with Crippen LogP contribution in [0.1, 0.15) is 5.56 Å². The third-order valence-corrected chi connectivity index (χ3v) is 3.49. The number of rotatable bonds is 1. The Bertz CT molecular complexity index is 323. The molecule has 1 aliphatic heterocycles. The van der Waals surface area contributed by atoms with Gasteiger partial charge >= 0.3 is 0 Å². The highest BCUT2D eigenvalue weighted by atomic mass is 31.1. The second-order valence-corrected chi connectivity index (χ2v) is 4.79. The minimum absolute atomic E-state index is 0.310. The summed E-state index contributed by atoms with van der Waals surface area (Å²) in [5.41, 5.74) is 1.15. The predicted octanol–water partition coefficient (Wildman–Crippen LogP) is 1.82. The predicted molar refractivity (Wildman–Crippen MR) is 56.7 cm³/mol. The van der Waals surface area contributed by atoms with Gasteiger partial charge < -0.3 is 5.09 Å². The number of hydrogen-bond donors (Lipinski definition) is 1. The SMILES string of the molecule is CN1N=C(c2ccccc2)NP1C. The summed E-state index contributed by atoms with van der Waals surface area (Å²) in [4.78, 5) is 0. The molecule has 0 bridgehead atoms. The molecule has 13 heavy (non-hydrogen) atoms. The fourth-order valence-electron chi connectivity index (χ4n) is 1.18. The molecule has 1 aromatic rings. The first-order chi connectivity index (χ1) is 6.27. The summed E-state index contributed by atoms with van der Waals surface area (Å²) in [7, 11) is 1.69. The summed E-state index contributed by atoms with van der Waals surface area (Å²) in [6.07, 6.45) is 0. The van der Waals surface area contributed by atoms with Crippen molar-refractivity contribution in [3.05, 3.63) is 35.9 Å². The molecule has 0 radical (unpaired) electrons. The van der Waals surface area contributed by atoms with Crippen molar-refractivity contribution >= 4 is 14.1 Å². The van der Waals surface area contributed by atoms with Crippen LogP contribution < -0.4 is 5.09 Å². The molecule has 1 N–H and O–H groups in total. The van der Waals surface area contributed by atoms with Gasteiger partial charge in [0, 0.05) is 12.6 Å². The first kappa shape index (κ1) is 8.52. The van der Waals surface area contributed by atoms with E-state index in [1.54, 1.807) is 0 Å². The molecule has 2 rings (SSSR count). The summed E-state index contributed by atoms with van der Waals surface area (Å²) < 4.78 is 1.98. The average Bonchev–Trinajstić information content (AvgIpc) is 2.49. The van der Waals surface area contributed by atoms with E-state index in [0.717, 1.165) is 11.4 Å². The van der Waals surface area contributed by atoms with E-state index >= 15 is 0 Å². The van der Waals surface area contributed by atoms with E-state index in [0.29, 0.717) is 0 Å². The van der Waals surface area contributed by atoms with Crippen molar-refractivity contribution in [3.63, 3.8) is 0 Å². The van der Waals surface area contributed by atoms with Crippen LogP contribution in [-0.2, 0) is 0 Å². The van der Waals surface area contributed by atoms with Crippen molar-refractivity contribution < 1.29 is 0 Å². The molecule has 1 aliphatic rings. The van der Waals surface area contributed by atoms with E-state index in [-0.39, 0.29) is 8.22 Å². The van der Waals surface area contributed by atoms with Gasteiger partial charge in [-0.1, -0.05) is 30.3 Å². The summed E-state index contributed by atoms with van der Waals surface area (Å²) >= 11 is 0. The van der Waals surface area contributed by atoms with Crippen molar-refractivity contribution in [1.29, 1.82) is 0 Å². The first-order valence-corrected chi connectivity index (χ1v) is 5.89. The van der Waals surface area contributed by atoms with Gasteiger partial charge in [-0.3, -0.25) is 4.78 Å². The lowest BCUT2D eigenvalue weighted by molar-refractivity contribution is 0.608. The van der Waals surface area contributed by atoms with E-state index in [1.807, 2.05) is 30.0 Å². The zero-order chi connectivity index (χ0) is 9.26. The maximum absolute atomic E-state index is 4.41. The number of hydrazone groups is 1. The standard InChI is InChI=1S/C9H12N3P/c1-12-10-9(11-13(12)2)8-6-4-3-5-7-8/h3-7H,1-2H3,(H,10,11). The minimum Gasteiger partial charge on any atom is -0.330 e. The second-order valence-electron chi connectivity index (χ2n) is 2.94. The van der Waals surface area contributed by atoms with Gasteiger partial charge in [0.15, 0.2) is 5.84 Å². The monoisotopic (exact) mass is 193 g/mol. The normalized spacial score (nSPS) is 21.2. The Hall–Kier alpha value is -1.08. The van der Waals surface area contributed by atoms with Gasteiger partial charge in [-0.15, -0.1) is 0 Å². The zero-order valence-electron chi connectivity index (χ0n) is 7.73. The molecule has 1 heterocycles. The summed E-state index contributed by atoms with van der Waals surface area (Å²) in [6, 6.07) is 10.2. The highest BCUT2D eigenvalue weighted by Gasteiger charge is 2.18.